The normalized spacial score (nSPS) is 10.9. The van der Waals surface area contributed by atoms with Crippen LogP contribution in [-0.4, -0.2) is 39.8 Å². The molecule has 2 aromatic heterocycles. The first-order chi connectivity index (χ1) is 14.1. The lowest BCUT2D eigenvalue weighted by molar-refractivity contribution is -0.121. The van der Waals surface area contributed by atoms with E-state index < -0.39 is 11.1 Å². The maximum absolute atomic E-state index is 12.8. The fourth-order valence-electron chi connectivity index (χ4n) is 3.06. The third-order valence-electron chi connectivity index (χ3n) is 4.46. The van der Waals surface area contributed by atoms with E-state index in [1.54, 1.807) is 18.3 Å². The van der Waals surface area contributed by atoms with Crippen LogP contribution in [0.3, 0.4) is 0 Å². The summed E-state index contributed by atoms with van der Waals surface area (Å²) in [7, 11) is 0. The number of aromatic nitrogens is 3. The van der Waals surface area contributed by atoms with E-state index in [1.807, 2.05) is 37.3 Å². The minimum atomic E-state index is -0.745. The predicted molar refractivity (Wildman–Crippen MR) is 110 cm³/mol. The van der Waals surface area contributed by atoms with E-state index in [-0.39, 0.29) is 19.0 Å². The number of carbonyl (C=O) groups excluding carboxylic acids is 1. The molecule has 8 nitrogen and oxygen atoms in total. The number of amides is 1. The molecule has 0 aliphatic heterocycles. The van der Waals surface area contributed by atoms with Crippen LogP contribution >= 0.6 is 0 Å². The van der Waals surface area contributed by atoms with E-state index in [9.17, 15) is 14.4 Å². The largest absolute Gasteiger partial charge is 0.382 e. The summed E-state index contributed by atoms with van der Waals surface area (Å²) < 4.78 is 7.76. The van der Waals surface area contributed by atoms with Crippen LogP contribution in [-0.2, 0) is 22.6 Å². The second-order valence-electron chi connectivity index (χ2n) is 6.51. The van der Waals surface area contributed by atoms with Crippen molar-refractivity contribution in [3.63, 3.8) is 0 Å². The molecule has 0 aliphatic carbocycles. The summed E-state index contributed by atoms with van der Waals surface area (Å²) in [6.07, 6.45) is 2.24. The average Bonchev–Trinajstić information content (AvgIpc) is 2.75. The number of benzene rings is 1. The molecule has 29 heavy (non-hydrogen) atoms. The molecule has 0 saturated heterocycles. The highest BCUT2D eigenvalue weighted by Crippen LogP contribution is 2.10. The highest BCUT2D eigenvalue weighted by atomic mass is 16.5. The zero-order valence-electron chi connectivity index (χ0n) is 16.3. The lowest BCUT2D eigenvalue weighted by Crippen LogP contribution is -2.44. The van der Waals surface area contributed by atoms with Gasteiger partial charge in [0.25, 0.3) is 0 Å². The Morgan fingerprint density at radius 2 is 1.83 bits per heavy atom. The Morgan fingerprint density at radius 1 is 1.07 bits per heavy atom. The van der Waals surface area contributed by atoms with Crippen LogP contribution in [0.1, 0.15) is 18.9 Å². The number of nitrogens with one attached hydrogen (secondary N) is 1. The van der Waals surface area contributed by atoms with Gasteiger partial charge in [-0.25, -0.2) is 4.98 Å². The molecule has 1 aromatic carbocycles. The molecule has 0 spiro atoms. The topological polar surface area (TPSA) is 95.2 Å². The Labute approximate surface area is 167 Å². The summed E-state index contributed by atoms with van der Waals surface area (Å²) in [5, 5.41) is 2.75. The molecule has 152 valence electrons. The van der Waals surface area contributed by atoms with Crippen molar-refractivity contribution in [2.24, 2.45) is 0 Å². The average molecular weight is 396 g/mol. The van der Waals surface area contributed by atoms with Crippen molar-refractivity contribution in [1.82, 2.24) is 19.4 Å². The number of rotatable bonds is 9. The minimum absolute atomic E-state index is 0.229. The number of hydrogen-bond donors (Lipinski definition) is 1. The number of pyridine rings is 1. The third-order valence-corrected chi connectivity index (χ3v) is 4.46. The summed E-state index contributed by atoms with van der Waals surface area (Å²) in [6.45, 7) is 3.52. The Bertz CT molecular complexity index is 1090. The molecular formula is C21H24N4O4. The highest BCUT2D eigenvalue weighted by molar-refractivity contribution is 5.78. The Kier molecular flexibility index (Phi) is 6.91. The zero-order chi connectivity index (χ0) is 20.6. The first-order valence-corrected chi connectivity index (χ1v) is 9.58. The summed E-state index contributed by atoms with van der Waals surface area (Å²) in [5.41, 5.74) is 0.239. The van der Waals surface area contributed by atoms with Crippen molar-refractivity contribution in [3.05, 3.63) is 74.9 Å². The standard InChI is InChI=1S/C21H24N4O4/c1-2-29-13-7-12-22-18(26)15-24-17-10-6-11-23-19(17)25(21(28)20(24)27)14-16-8-4-3-5-9-16/h3-6,8-11H,2,7,12-15H2,1H3,(H,22,26). The van der Waals surface area contributed by atoms with E-state index in [4.69, 9.17) is 4.74 Å². The lowest BCUT2D eigenvalue weighted by atomic mass is 10.2. The number of ether oxygens (including phenoxy) is 1. The second kappa shape index (κ2) is 9.79. The van der Waals surface area contributed by atoms with Crippen LogP contribution in [0, 0.1) is 0 Å². The smallest absolute Gasteiger partial charge is 0.318 e. The van der Waals surface area contributed by atoms with Crippen molar-refractivity contribution >= 4 is 17.1 Å². The van der Waals surface area contributed by atoms with Gasteiger partial charge in [0.05, 0.1) is 12.1 Å². The number of fused-ring (bicyclic) bond motifs is 1. The molecule has 1 amide bonds. The molecule has 0 fully saturated rings. The summed E-state index contributed by atoms with van der Waals surface area (Å²) in [6, 6.07) is 12.7. The van der Waals surface area contributed by atoms with E-state index >= 15 is 0 Å². The fraction of sp³-hybridized carbons (Fsp3) is 0.333. The molecule has 0 aliphatic rings. The van der Waals surface area contributed by atoms with Crippen molar-refractivity contribution in [2.45, 2.75) is 26.4 Å². The van der Waals surface area contributed by atoms with Crippen LogP contribution in [0.15, 0.2) is 58.3 Å². The Balaban J connectivity index is 1.89. The molecule has 0 bridgehead atoms. The molecule has 1 N–H and O–H groups in total. The highest BCUT2D eigenvalue weighted by Gasteiger charge is 2.16. The van der Waals surface area contributed by atoms with E-state index in [2.05, 4.69) is 10.3 Å². The third kappa shape index (κ3) is 4.97. The number of carbonyl (C=O) groups is 1. The van der Waals surface area contributed by atoms with E-state index in [0.29, 0.717) is 37.3 Å². The molecule has 0 saturated carbocycles. The lowest BCUT2D eigenvalue weighted by Gasteiger charge is -2.14. The molecule has 2 heterocycles. The second-order valence-corrected chi connectivity index (χ2v) is 6.51. The molecule has 0 atom stereocenters. The number of nitrogens with zero attached hydrogens (tertiary/aromatic N) is 3. The van der Waals surface area contributed by atoms with Gasteiger partial charge in [0.2, 0.25) is 5.91 Å². The minimum Gasteiger partial charge on any atom is -0.382 e. The van der Waals surface area contributed by atoms with Gasteiger partial charge in [0, 0.05) is 26.0 Å². The van der Waals surface area contributed by atoms with Gasteiger partial charge in [-0.1, -0.05) is 30.3 Å². The maximum Gasteiger partial charge on any atom is 0.318 e. The van der Waals surface area contributed by atoms with Crippen LogP contribution in [0.4, 0.5) is 0 Å². The molecule has 3 rings (SSSR count). The van der Waals surface area contributed by atoms with Gasteiger partial charge in [-0.15, -0.1) is 0 Å². The van der Waals surface area contributed by atoms with E-state index in [0.717, 1.165) is 5.56 Å². The van der Waals surface area contributed by atoms with Gasteiger partial charge in [0.15, 0.2) is 5.65 Å². The van der Waals surface area contributed by atoms with Crippen LogP contribution < -0.4 is 16.4 Å². The first-order valence-electron chi connectivity index (χ1n) is 9.58. The SMILES string of the molecule is CCOCCCNC(=O)Cn1c(=O)c(=O)n(Cc2ccccc2)c2ncccc21. The summed E-state index contributed by atoms with van der Waals surface area (Å²) in [4.78, 5) is 42.1. The van der Waals surface area contributed by atoms with Crippen LogP contribution in [0.25, 0.3) is 11.2 Å². The monoisotopic (exact) mass is 396 g/mol. The van der Waals surface area contributed by atoms with Gasteiger partial charge in [0.1, 0.15) is 6.54 Å². The molecular weight excluding hydrogens is 372 g/mol. The zero-order valence-corrected chi connectivity index (χ0v) is 16.3. The van der Waals surface area contributed by atoms with Gasteiger partial charge >= 0.3 is 11.1 Å². The Morgan fingerprint density at radius 3 is 2.59 bits per heavy atom. The van der Waals surface area contributed by atoms with Crippen LogP contribution in [0.5, 0.6) is 0 Å². The molecule has 0 unspecified atom stereocenters. The predicted octanol–water partition coefficient (Wildman–Crippen LogP) is 1.15. The van der Waals surface area contributed by atoms with E-state index in [1.165, 1.54) is 9.13 Å². The Hall–Kier alpha value is -3.26. The summed E-state index contributed by atoms with van der Waals surface area (Å²) in [5.74, 6) is -0.339. The maximum atomic E-state index is 12.8. The summed E-state index contributed by atoms with van der Waals surface area (Å²) >= 11 is 0. The first kappa shape index (κ1) is 20.5. The van der Waals surface area contributed by atoms with Crippen molar-refractivity contribution < 1.29 is 9.53 Å². The van der Waals surface area contributed by atoms with Crippen molar-refractivity contribution in [1.29, 1.82) is 0 Å². The molecule has 0 radical (unpaired) electrons. The van der Waals surface area contributed by atoms with Gasteiger partial charge in [-0.05, 0) is 31.0 Å². The van der Waals surface area contributed by atoms with Gasteiger partial charge < -0.3 is 10.1 Å². The fourth-order valence-corrected chi connectivity index (χ4v) is 3.06. The van der Waals surface area contributed by atoms with Gasteiger partial charge in [-0.3, -0.25) is 23.5 Å². The van der Waals surface area contributed by atoms with Crippen molar-refractivity contribution in [2.75, 3.05) is 19.8 Å². The van der Waals surface area contributed by atoms with Crippen LogP contribution in [0.2, 0.25) is 0 Å². The van der Waals surface area contributed by atoms with Gasteiger partial charge in [-0.2, -0.15) is 0 Å². The van der Waals surface area contributed by atoms with Crippen molar-refractivity contribution in [3.8, 4) is 0 Å². The quantitative estimate of drug-likeness (QED) is 0.432. The molecule has 8 heteroatoms. The molecule has 3 aromatic rings. The number of hydrogen-bond acceptors (Lipinski definition) is 5.